The Bertz CT molecular complexity index is 3140. The standard InChI is InChI=1S/C66H104N2O6.2C7H8.4C4H9O.2Hf/c1-59(2,3)47-31-43(55(69)51(35-47)63(13,14)15)39-67(40-44-32-48(60(4,5)6)36-52(56(44)70)64(16,17)18)25-27-73-29-30-74-28-26-68(41-45-33-49(61(7,8)9)37-53(57(45)71)65(19,20)21)42-46-34-50(62(10,11)12)38-54(58(46)72)66(22,23)24;2*1-7-5-3-2-4-6-7;4*1-4(2,3)5;;/h31-38,69-72H,25-30,39-42H2,1-24H3;2*2-6H,1H3;4*1-3H3;;/q;;;4*-1;2*+4/p-4. The Morgan fingerprint density at radius 3 is 0.545 bits per heavy atom. The fourth-order valence-corrected chi connectivity index (χ4v) is 10.4. The van der Waals surface area contributed by atoms with Crippen molar-refractivity contribution in [3.8, 4) is 23.0 Å². The summed E-state index contributed by atoms with van der Waals surface area (Å²) in [6.07, 6.45) is 0. The van der Waals surface area contributed by atoms with Crippen LogP contribution in [0.15, 0.2) is 109 Å². The summed E-state index contributed by atoms with van der Waals surface area (Å²) < 4.78 is 12.6. The molecule has 6 aromatic rings. The third-order valence-corrected chi connectivity index (χ3v) is 16.3. The molecule has 0 saturated heterocycles. The van der Waals surface area contributed by atoms with Crippen molar-refractivity contribution >= 4 is 0 Å². The van der Waals surface area contributed by atoms with Crippen molar-refractivity contribution in [2.45, 2.75) is 355 Å². The molecule has 0 heterocycles. The average Bonchev–Trinajstić information content (AvgIpc) is 0.795. The van der Waals surface area contributed by atoms with Crippen LogP contribution in [0.1, 0.15) is 327 Å². The summed E-state index contributed by atoms with van der Waals surface area (Å²) >= 11 is 0. The maximum absolute atomic E-state index is 14.3. The van der Waals surface area contributed by atoms with Gasteiger partial charge in [0, 0.05) is 39.3 Å². The molecule has 0 amide bonds. The van der Waals surface area contributed by atoms with Crippen LogP contribution in [0.2, 0.25) is 0 Å². The fraction of sp³-hybridized carbons (Fsp3) is 0.625. The summed E-state index contributed by atoms with van der Waals surface area (Å²) in [6, 6.07) is 37.1. The second kappa shape index (κ2) is 45.4. The molecule has 0 aliphatic heterocycles. The molecule has 12 nitrogen and oxygen atoms in total. The zero-order chi connectivity index (χ0) is 84.8. The molecular weight excluding hydrogens is 1700 g/mol. The number of ether oxygens (including phenoxy) is 2. The summed E-state index contributed by atoms with van der Waals surface area (Å²) in [4.78, 5) is 4.38. The Balaban J connectivity index is -0.00000260. The van der Waals surface area contributed by atoms with Crippen molar-refractivity contribution < 1.29 is 102 Å². The maximum atomic E-state index is 14.3. The molecule has 0 atom stereocenters. The zero-order valence-electron chi connectivity index (χ0n) is 76.4. The van der Waals surface area contributed by atoms with Crippen LogP contribution >= 0.6 is 0 Å². The molecule has 14 heteroatoms. The van der Waals surface area contributed by atoms with E-state index >= 15 is 0 Å². The molecular formula is C96H152Hf2N2O10. The zero-order valence-corrected chi connectivity index (χ0v) is 83.6. The first-order valence-electron chi connectivity index (χ1n) is 39.0. The van der Waals surface area contributed by atoms with Gasteiger partial charge in [-0.2, -0.15) is 0 Å². The third kappa shape index (κ3) is 48.3. The molecule has 0 aliphatic carbocycles. The second-order valence-corrected chi connectivity index (χ2v) is 41.5. The van der Waals surface area contributed by atoms with Crippen molar-refractivity contribution in [3.05, 3.63) is 187 Å². The van der Waals surface area contributed by atoms with Gasteiger partial charge in [0.15, 0.2) is 0 Å². The van der Waals surface area contributed by atoms with Gasteiger partial charge in [-0.05, 0) is 124 Å². The van der Waals surface area contributed by atoms with E-state index in [1.54, 1.807) is 83.1 Å². The smallest absolute Gasteiger partial charge is 0.872 e. The van der Waals surface area contributed by atoms with Crippen molar-refractivity contribution in [2.24, 2.45) is 0 Å². The molecule has 0 fully saturated rings. The maximum Gasteiger partial charge on any atom is 4.00 e. The molecule has 614 valence electrons. The van der Waals surface area contributed by atoms with Crippen LogP contribution in [0.5, 0.6) is 23.0 Å². The largest absolute Gasteiger partial charge is 4.00 e. The van der Waals surface area contributed by atoms with Gasteiger partial charge in [0.2, 0.25) is 0 Å². The Labute approximate surface area is 711 Å². The van der Waals surface area contributed by atoms with Crippen LogP contribution in [0.4, 0.5) is 0 Å². The van der Waals surface area contributed by atoms with E-state index in [0.717, 1.165) is 66.8 Å². The molecule has 6 aromatic carbocycles. The summed E-state index contributed by atoms with van der Waals surface area (Å²) in [5, 5.41) is 97.7. The van der Waals surface area contributed by atoms with Gasteiger partial charge in [-0.25, -0.2) is 0 Å². The van der Waals surface area contributed by atoms with E-state index in [1.165, 1.54) is 11.1 Å². The summed E-state index contributed by atoms with van der Waals surface area (Å²) in [6.45, 7) is 78.9. The summed E-state index contributed by atoms with van der Waals surface area (Å²) in [5.41, 5.74) is 8.09. The van der Waals surface area contributed by atoms with E-state index in [0.29, 0.717) is 65.7 Å². The van der Waals surface area contributed by atoms with Crippen LogP contribution in [-0.4, -0.2) is 71.7 Å². The van der Waals surface area contributed by atoms with E-state index in [1.807, 2.05) is 36.4 Å². The van der Waals surface area contributed by atoms with Gasteiger partial charge < -0.3 is 50.3 Å². The molecule has 110 heavy (non-hydrogen) atoms. The molecule has 0 spiro atoms. The number of rotatable bonds is 17. The number of nitrogens with zero attached hydrogens (tertiary/aromatic N) is 2. The van der Waals surface area contributed by atoms with Crippen LogP contribution in [0, 0.1) is 13.8 Å². The quantitative estimate of drug-likeness (QED) is 0.0617. The summed E-state index contributed by atoms with van der Waals surface area (Å²) in [7, 11) is 0. The molecule has 0 unspecified atom stereocenters. The predicted octanol–water partition coefficient (Wildman–Crippen LogP) is 17.7. The normalized spacial score (nSPS) is 12.5. The van der Waals surface area contributed by atoms with Crippen molar-refractivity contribution in [1.29, 1.82) is 0 Å². The van der Waals surface area contributed by atoms with Gasteiger partial charge >= 0.3 is 51.7 Å². The van der Waals surface area contributed by atoms with Crippen LogP contribution in [0.25, 0.3) is 0 Å². The number of hydrogen-bond donors (Lipinski definition) is 0. The first-order chi connectivity index (χ1) is 48.2. The molecule has 0 bridgehead atoms. The van der Waals surface area contributed by atoms with Crippen molar-refractivity contribution in [2.75, 3.05) is 39.5 Å². The van der Waals surface area contributed by atoms with Gasteiger partial charge in [-0.15, -0.1) is 45.4 Å². The first kappa shape index (κ1) is 110. The summed E-state index contributed by atoms with van der Waals surface area (Å²) in [5.74, 6) is 0.189. The van der Waals surface area contributed by atoms with Crippen LogP contribution in [-0.2, 0) is 131 Å². The van der Waals surface area contributed by atoms with Crippen LogP contribution in [0.3, 0.4) is 0 Å². The van der Waals surface area contributed by atoms with E-state index in [4.69, 9.17) is 9.47 Å². The minimum absolute atomic E-state index is 0. The van der Waals surface area contributed by atoms with E-state index in [2.05, 4.69) is 263 Å². The Morgan fingerprint density at radius 1 is 0.255 bits per heavy atom. The minimum atomic E-state index is -0.750. The molecule has 0 aliphatic rings. The van der Waals surface area contributed by atoms with Crippen molar-refractivity contribution in [3.63, 3.8) is 0 Å². The number of aryl methyl sites for hydroxylation is 2. The fourth-order valence-electron chi connectivity index (χ4n) is 10.4. The van der Waals surface area contributed by atoms with Crippen molar-refractivity contribution in [1.82, 2.24) is 9.80 Å². The van der Waals surface area contributed by atoms with E-state index in [-0.39, 0.29) is 118 Å². The molecule has 6 rings (SSSR count). The Hall–Kier alpha value is -4.06. The van der Waals surface area contributed by atoms with Gasteiger partial charge in [0.25, 0.3) is 0 Å². The monoisotopic (exact) mass is 1850 g/mol. The first-order valence-corrected chi connectivity index (χ1v) is 39.0. The predicted molar refractivity (Wildman–Crippen MR) is 444 cm³/mol. The van der Waals surface area contributed by atoms with Crippen LogP contribution < -0.4 is 40.9 Å². The topological polar surface area (TPSA) is 209 Å². The molecule has 0 aromatic heterocycles. The number of hydrogen-bond acceptors (Lipinski definition) is 12. The van der Waals surface area contributed by atoms with Gasteiger partial charge in [-0.1, -0.05) is 370 Å². The third-order valence-electron chi connectivity index (χ3n) is 16.3. The van der Waals surface area contributed by atoms with Gasteiger partial charge in [0.1, 0.15) is 0 Å². The molecule has 0 radical (unpaired) electrons. The van der Waals surface area contributed by atoms with Gasteiger partial charge in [-0.3, -0.25) is 9.80 Å². The SMILES string of the molecule is CC(C)(C)[O-].CC(C)(C)[O-].CC(C)(C)[O-].CC(C)(C)[O-].CC(C)(C)c1cc(CN(CCOCCOCCN(Cc2cc(C(C)(C)C)cc(C(C)(C)C)c2[O-])Cc2cc(C(C)(C)C)cc(C(C)(C)C)c2[O-])Cc2cc(C(C)(C)C)cc(C(C)(C)C)c2[O-])c([O-])c(C(C)(C)C)c1.Cc1ccccc1.Cc1ccccc1.[Hf+4].[Hf+4]. The average molecular weight is 1850 g/mol. The Morgan fingerprint density at radius 2 is 0.418 bits per heavy atom. The minimum Gasteiger partial charge on any atom is -0.872 e. The van der Waals surface area contributed by atoms with E-state index < -0.39 is 22.4 Å². The molecule has 0 N–H and O–H groups in total. The van der Waals surface area contributed by atoms with E-state index in [9.17, 15) is 40.9 Å². The second-order valence-electron chi connectivity index (χ2n) is 41.5. The number of benzene rings is 6. The molecule has 0 saturated carbocycles. The van der Waals surface area contributed by atoms with Gasteiger partial charge in [0.05, 0.1) is 26.4 Å². The Kier molecular flexibility index (Phi) is 45.5.